The fraction of sp³-hybridized carbons (Fsp3) is 0.619. The zero-order valence-corrected chi connectivity index (χ0v) is 18.2. The molecule has 2 rings (SSSR count). The van der Waals surface area contributed by atoms with Crippen LogP contribution in [-0.4, -0.2) is 63.9 Å². The molecule has 1 aromatic rings. The lowest BCUT2D eigenvalue weighted by molar-refractivity contribution is -0.208. The van der Waals surface area contributed by atoms with Gasteiger partial charge in [-0.1, -0.05) is 26.2 Å². The van der Waals surface area contributed by atoms with Crippen molar-refractivity contribution in [3.05, 3.63) is 36.0 Å². The van der Waals surface area contributed by atoms with Crippen LogP contribution in [0.25, 0.3) is 5.70 Å². The predicted octanol–water partition coefficient (Wildman–Crippen LogP) is 0.852. The monoisotopic (exact) mass is 442 g/mol. The molecule has 0 saturated carbocycles. The van der Waals surface area contributed by atoms with Crippen LogP contribution in [0.5, 0.6) is 5.75 Å². The van der Waals surface area contributed by atoms with Crippen molar-refractivity contribution < 1.29 is 30.0 Å². The van der Waals surface area contributed by atoms with Gasteiger partial charge in [0.2, 0.25) is 6.29 Å². The van der Waals surface area contributed by atoms with Crippen molar-refractivity contribution in [2.75, 3.05) is 19.9 Å². The number of nitrogens with zero attached hydrogens (tertiary/aromatic N) is 1. The highest BCUT2D eigenvalue weighted by Crippen LogP contribution is 2.24. The van der Waals surface area contributed by atoms with Crippen molar-refractivity contribution in [1.82, 2.24) is 10.5 Å². The molecule has 1 heterocycles. The van der Waals surface area contributed by atoms with Crippen molar-refractivity contribution in [2.24, 2.45) is 11.6 Å². The van der Waals surface area contributed by atoms with E-state index in [9.17, 15) is 10.2 Å². The lowest BCUT2D eigenvalue weighted by Gasteiger charge is -2.33. The van der Waals surface area contributed by atoms with E-state index in [1.165, 1.54) is 18.3 Å². The molecule has 1 aliphatic rings. The Labute approximate surface area is 184 Å². The van der Waals surface area contributed by atoms with E-state index < -0.39 is 12.4 Å². The topological polar surface area (TPSA) is 167 Å². The minimum atomic E-state index is -0.780. The summed E-state index contributed by atoms with van der Waals surface area (Å²) in [5.41, 5.74) is 9.03. The molecular formula is C21H38N4O6. The molecule has 178 valence electrons. The van der Waals surface area contributed by atoms with Gasteiger partial charge in [0.05, 0.1) is 18.4 Å². The molecule has 31 heavy (non-hydrogen) atoms. The van der Waals surface area contributed by atoms with E-state index in [0.717, 1.165) is 24.9 Å². The first-order valence-corrected chi connectivity index (χ1v) is 10.6. The van der Waals surface area contributed by atoms with Gasteiger partial charge in [-0.2, -0.15) is 5.48 Å². The zero-order valence-electron chi connectivity index (χ0n) is 18.2. The molecule has 1 aliphatic heterocycles. The number of ether oxygens (including phenoxy) is 2. The first-order chi connectivity index (χ1) is 14.9. The van der Waals surface area contributed by atoms with Gasteiger partial charge in [-0.05, 0) is 49.1 Å². The average Bonchev–Trinajstić information content (AvgIpc) is 2.78. The van der Waals surface area contributed by atoms with Crippen LogP contribution >= 0.6 is 0 Å². The van der Waals surface area contributed by atoms with E-state index >= 15 is 0 Å². The van der Waals surface area contributed by atoms with Gasteiger partial charge in [0.15, 0.2) is 0 Å². The second kappa shape index (κ2) is 15.8. The van der Waals surface area contributed by atoms with Gasteiger partial charge < -0.3 is 40.7 Å². The molecule has 1 fully saturated rings. The number of aliphatic hydroxyl groups excluding tert-OH is 3. The highest BCUT2D eigenvalue weighted by molar-refractivity contribution is 5.62. The molecule has 0 radical (unpaired) electrons. The second-order valence-corrected chi connectivity index (χ2v) is 7.30. The van der Waals surface area contributed by atoms with Crippen LogP contribution in [0.2, 0.25) is 0 Å². The maximum atomic E-state index is 10.0. The molecule has 0 amide bonds. The number of hydrazine groups is 1. The largest absolute Gasteiger partial charge is 0.462 e. The molecule has 9 N–H and O–H groups in total. The zero-order chi connectivity index (χ0) is 23.1. The molecule has 2 unspecified atom stereocenters. The molecule has 0 spiro atoms. The Bertz CT molecular complexity index is 614. The number of benzene rings is 1. The number of nitrogens with one attached hydrogen (secondary N) is 1. The fourth-order valence-electron chi connectivity index (χ4n) is 2.98. The van der Waals surface area contributed by atoms with Gasteiger partial charge >= 0.3 is 0 Å². The van der Waals surface area contributed by atoms with Gasteiger partial charge in [-0.25, -0.2) is 5.84 Å². The molecule has 10 heteroatoms. The van der Waals surface area contributed by atoms with E-state index in [-0.39, 0.29) is 19.4 Å². The number of nitrogens with two attached hydrogens (primary N) is 2. The van der Waals surface area contributed by atoms with E-state index in [2.05, 4.69) is 6.92 Å². The van der Waals surface area contributed by atoms with Crippen LogP contribution in [0.3, 0.4) is 0 Å². The van der Waals surface area contributed by atoms with Gasteiger partial charge in [0.1, 0.15) is 18.6 Å². The van der Waals surface area contributed by atoms with Crippen molar-refractivity contribution in [3.8, 4) is 5.75 Å². The summed E-state index contributed by atoms with van der Waals surface area (Å²) in [5.74, 6) is 6.54. The molecule has 0 bridgehead atoms. The Balaban J connectivity index is 0.00000110. The number of unbranched alkanes of at least 4 members (excludes halogenated alkanes) is 3. The normalized spacial score (nSPS) is 21.2. The van der Waals surface area contributed by atoms with Crippen LogP contribution in [-0.2, 0) is 4.74 Å². The minimum absolute atomic E-state index is 0.0825. The van der Waals surface area contributed by atoms with Crippen molar-refractivity contribution in [1.29, 1.82) is 0 Å². The van der Waals surface area contributed by atoms with Crippen LogP contribution in [0.1, 0.15) is 51.0 Å². The number of hydroxylamine groups is 1. The maximum absolute atomic E-state index is 10.0. The number of hydrogen-bond acceptors (Lipinski definition) is 10. The van der Waals surface area contributed by atoms with Crippen LogP contribution in [0, 0.1) is 0 Å². The molecule has 0 aliphatic carbocycles. The Hall–Kier alpha value is -1.92. The van der Waals surface area contributed by atoms with Crippen LogP contribution in [0.4, 0.5) is 0 Å². The van der Waals surface area contributed by atoms with E-state index in [1.54, 1.807) is 23.3 Å². The van der Waals surface area contributed by atoms with Crippen molar-refractivity contribution in [2.45, 2.75) is 63.9 Å². The molecular weight excluding hydrogens is 404 g/mol. The molecule has 1 aromatic carbocycles. The van der Waals surface area contributed by atoms with Crippen LogP contribution < -0.4 is 21.8 Å². The molecule has 10 nitrogen and oxygen atoms in total. The fourth-order valence-corrected chi connectivity index (χ4v) is 2.98. The van der Waals surface area contributed by atoms with Crippen molar-refractivity contribution >= 4 is 5.70 Å². The summed E-state index contributed by atoms with van der Waals surface area (Å²) in [5, 5.41) is 35.7. The number of aliphatic hydroxyl groups is 3. The maximum Gasteiger partial charge on any atom is 0.226 e. The lowest BCUT2D eigenvalue weighted by atomic mass is 10.1. The van der Waals surface area contributed by atoms with E-state index in [1.807, 2.05) is 12.1 Å². The average molecular weight is 443 g/mol. The van der Waals surface area contributed by atoms with Crippen molar-refractivity contribution in [3.63, 3.8) is 0 Å². The highest BCUT2D eigenvalue weighted by atomic mass is 16.7. The summed E-state index contributed by atoms with van der Waals surface area (Å²) >= 11 is 0. The summed E-state index contributed by atoms with van der Waals surface area (Å²) < 4.78 is 11.3. The molecule has 1 saturated heterocycles. The predicted molar refractivity (Wildman–Crippen MR) is 117 cm³/mol. The minimum Gasteiger partial charge on any atom is -0.462 e. The molecule has 3 atom stereocenters. The van der Waals surface area contributed by atoms with Gasteiger partial charge in [-0.15, -0.1) is 0 Å². The SMILES string of the molecule is CCCCCCN(N)/C=C(\N)c1ccc(O[C@H]2OC(CO)CCC2O)cc1.OCNO. The Kier molecular flexibility index (Phi) is 13.8. The summed E-state index contributed by atoms with van der Waals surface area (Å²) in [6, 6.07) is 7.23. The summed E-state index contributed by atoms with van der Waals surface area (Å²) in [4.78, 5) is 0. The van der Waals surface area contributed by atoms with E-state index in [0.29, 0.717) is 24.3 Å². The Morgan fingerprint density at radius 1 is 1.23 bits per heavy atom. The second-order valence-electron chi connectivity index (χ2n) is 7.30. The third kappa shape index (κ3) is 10.8. The van der Waals surface area contributed by atoms with Gasteiger partial charge in [0, 0.05) is 12.7 Å². The van der Waals surface area contributed by atoms with Gasteiger partial charge in [-0.3, -0.25) is 0 Å². The Morgan fingerprint density at radius 2 is 1.90 bits per heavy atom. The third-order valence-corrected chi connectivity index (χ3v) is 4.71. The summed E-state index contributed by atoms with van der Waals surface area (Å²) in [6.07, 6.45) is 5.71. The third-order valence-electron chi connectivity index (χ3n) is 4.71. The number of rotatable bonds is 11. The Morgan fingerprint density at radius 3 is 2.48 bits per heavy atom. The summed E-state index contributed by atoms with van der Waals surface area (Å²) in [7, 11) is 0. The summed E-state index contributed by atoms with van der Waals surface area (Å²) in [6.45, 7) is 2.49. The highest BCUT2D eigenvalue weighted by Gasteiger charge is 2.31. The lowest BCUT2D eigenvalue weighted by Crippen LogP contribution is -2.43. The van der Waals surface area contributed by atoms with Crippen LogP contribution in [0.15, 0.2) is 30.5 Å². The van der Waals surface area contributed by atoms with E-state index in [4.69, 9.17) is 31.4 Å². The molecule has 0 aromatic heterocycles. The quantitative estimate of drug-likeness (QED) is 0.113. The van der Waals surface area contributed by atoms with Gasteiger partial charge in [0.25, 0.3) is 0 Å². The number of hydrogen-bond donors (Lipinski definition) is 7. The first kappa shape index (κ1) is 27.1. The standard InChI is InChI=1S/C20H33N3O4.CH5NO2/c1-2-3-4-5-12-23(22)13-18(21)15-6-8-16(9-7-15)26-20-19(25)11-10-17(14-24)27-20;3-1-2-4/h6-9,13,17,19-20,24-25H,2-5,10-12,14,21-22H2,1H3;2-4H,1H2/b18-13-;/t17?,19?,20-;/m0./s1. The smallest absolute Gasteiger partial charge is 0.226 e. The first-order valence-electron chi connectivity index (χ1n) is 10.6.